The summed E-state index contributed by atoms with van der Waals surface area (Å²) in [5.74, 6) is 5.10. The zero-order valence-electron chi connectivity index (χ0n) is 10.9. The standard InChI is InChI=1S/C14H15FN4O/c1-9(10-2-4-12(15)5-3-10)18-14(20)11-6-7-17-13(8-11)19-16/h2-9H,16H2,1H3,(H,17,19)(H,18,20). The smallest absolute Gasteiger partial charge is 0.251 e. The van der Waals surface area contributed by atoms with Crippen LogP contribution < -0.4 is 16.6 Å². The van der Waals surface area contributed by atoms with Gasteiger partial charge in [0.2, 0.25) is 0 Å². The summed E-state index contributed by atoms with van der Waals surface area (Å²) in [4.78, 5) is 16.0. The summed E-state index contributed by atoms with van der Waals surface area (Å²) in [6, 6.07) is 8.91. The third-order valence-corrected chi connectivity index (χ3v) is 2.89. The number of nitrogens with zero attached hydrogens (tertiary/aromatic N) is 1. The van der Waals surface area contributed by atoms with E-state index in [9.17, 15) is 9.18 Å². The van der Waals surface area contributed by atoms with Gasteiger partial charge in [0.1, 0.15) is 11.6 Å². The molecule has 2 rings (SSSR count). The number of rotatable bonds is 4. The number of hydrogen-bond donors (Lipinski definition) is 3. The number of halogens is 1. The summed E-state index contributed by atoms with van der Waals surface area (Å²) in [6.07, 6.45) is 1.49. The van der Waals surface area contributed by atoms with Crippen molar-refractivity contribution in [1.82, 2.24) is 10.3 Å². The van der Waals surface area contributed by atoms with E-state index in [0.717, 1.165) is 5.56 Å². The summed E-state index contributed by atoms with van der Waals surface area (Å²) in [7, 11) is 0. The lowest BCUT2D eigenvalue weighted by molar-refractivity contribution is 0.0940. The molecule has 2 aromatic rings. The minimum atomic E-state index is -0.305. The Morgan fingerprint density at radius 3 is 2.65 bits per heavy atom. The summed E-state index contributed by atoms with van der Waals surface area (Å²) in [6.45, 7) is 1.83. The summed E-state index contributed by atoms with van der Waals surface area (Å²) < 4.78 is 12.8. The highest BCUT2D eigenvalue weighted by Gasteiger charge is 2.12. The molecule has 4 N–H and O–H groups in total. The molecule has 6 heteroatoms. The molecule has 0 aliphatic heterocycles. The van der Waals surface area contributed by atoms with Crippen molar-refractivity contribution in [2.45, 2.75) is 13.0 Å². The van der Waals surface area contributed by atoms with Crippen molar-refractivity contribution < 1.29 is 9.18 Å². The molecule has 1 heterocycles. The predicted octanol–water partition coefficient (Wildman–Crippen LogP) is 2.00. The number of carbonyl (C=O) groups is 1. The second-order valence-electron chi connectivity index (χ2n) is 4.32. The first kappa shape index (κ1) is 14.0. The molecule has 104 valence electrons. The summed E-state index contributed by atoms with van der Waals surface area (Å²) in [5.41, 5.74) is 3.65. The number of pyridine rings is 1. The predicted molar refractivity (Wildman–Crippen MR) is 74.3 cm³/mol. The van der Waals surface area contributed by atoms with E-state index < -0.39 is 0 Å². The van der Waals surface area contributed by atoms with Crippen LogP contribution in [0.25, 0.3) is 0 Å². The Bertz CT molecular complexity index is 600. The number of hydrogen-bond acceptors (Lipinski definition) is 4. The van der Waals surface area contributed by atoms with E-state index in [1.807, 2.05) is 6.92 Å². The Morgan fingerprint density at radius 2 is 2.00 bits per heavy atom. The quantitative estimate of drug-likeness (QED) is 0.588. The maximum Gasteiger partial charge on any atom is 0.251 e. The number of amides is 1. The number of anilines is 1. The first-order valence-corrected chi connectivity index (χ1v) is 6.09. The highest BCUT2D eigenvalue weighted by molar-refractivity contribution is 5.95. The van der Waals surface area contributed by atoms with Crippen LogP contribution in [0.1, 0.15) is 28.9 Å². The largest absolute Gasteiger partial charge is 0.346 e. The molecule has 1 unspecified atom stereocenters. The van der Waals surface area contributed by atoms with Gasteiger partial charge < -0.3 is 10.7 Å². The van der Waals surface area contributed by atoms with Crippen LogP contribution in [0.2, 0.25) is 0 Å². The maximum atomic E-state index is 12.8. The van der Waals surface area contributed by atoms with Gasteiger partial charge in [0, 0.05) is 11.8 Å². The van der Waals surface area contributed by atoms with E-state index >= 15 is 0 Å². The zero-order chi connectivity index (χ0) is 14.5. The van der Waals surface area contributed by atoms with Crippen molar-refractivity contribution >= 4 is 11.7 Å². The molecule has 0 saturated carbocycles. The fourth-order valence-electron chi connectivity index (χ4n) is 1.77. The molecule has 1 aromatic heterocycles. The Morgan fingerprint density at radius 1 is 1.30 bits per heavy atom. The van der Waals surface area contributed by atoms with Crippen LogP contribution in [0.3, 0.4) is 0 Å². The van der Waals surface area contributed by atoms with Crippen LogP contribution in [0.5, 0.6) is 0 Å². The molecule has 0 fully saturated rings. The van der Waals surface area contributed by atoms with Crippen LogP contribution in [-0.4, -0.2) is 10.9 Å². The molecule has 0 bridgehead atoms. The van der Waals surface area contributed by atoms with E-state index in [1.54, 1.807) is 24.3 Å². The highest BCUT2D eigenvalue weighted by Crippen LogP contribution is 2.14. The first-order chi connectivity index (χ1) is 9.60. The third-order valence-electron chi connectivity index (χ3n) is 2.89. The summed E-state index contributed by atoms with van der Waals surface area (Å²) >= 11 is 0. The first-order valence-electron chi connectivity index (χ1n) is 6.09. The zero-order valence-corrected chi connectivity index (χ0v) is 10.9. The van der Waals surface area contributed by atoms with Gasteiger partial charge in [-0.15, -0.1) is 0 Å². The number of nitrogens with two attached hydrogens (primary N) is 1. The van der Waals surface area contributed by atoms with Crippen molar-refractivity contribution in [3.63, 3.8) is 0 Å². The molecule has 1 amide bonds. The van der Waals surface area contributed by atoms with Gasteiger partial charge in [-0.1, -0.05) is 12.1 Å². The van der Waals surface area contributed by atoms with Gasteiger partial charge in [0.05, 0.1) is 6.04 Å². The van der Waals surface area contributed by atoms with Gasteiger partial charge >= 0.3 is 0 Å². The van der Waals surface area contributed by atoms with Gasteiger partial charge in [-0.25, -0.2) is 15.2 Å². The normalized spacial score (nSPS) is 11.8. The number of carbonyl (C=O) groups excluding carboxylic acids is 1. The fourth-order valence-corrected chi connectivity index (χ4v) is 1.77. The monoisotopic (exact) mass is 274 g/mol. The SMILES string of the molecule is CC(NC(=O)c1ccnc(NN)c1)c1ccc(F)cc1. The number of nitrogens with one attached hydrogen (secondary N) is 2. The van der Waals surface area contributed by atoms with E-state index in [4.69, 9.17) is 5.84 Å². The topological polar surface area (TPSA) is 80.0 Å². The minimum absolute atomic E-state index is 0.231. The van der Waals surface area contributed by atoms with Gasteiger partial charge in [0.15, 0.2) is 0 Å². The molecule has 0 aliphatic carbocycles. The molecule has 1 aromatic carbocycles. The molecule has 0 spiro atoms. The van der Waals surface area contributed by atoms with Gasteiger partial charge in [-0.05, 0) is 36.8 Å². The maximum absolute atomic E-state index is 12.8. The van der Waals surface area contributed by atoms with Gasteiger partial charge in [0.25, 0.3) is 5.91 Å². The molecule has 1 atom stereocenters. The van der Waals surface area contributed by atoms with Crippen molar-refractivity contribution in [1.29, 1.82) is 0 Å². The lowest BCUT2D eigenvalue weighted by Gasteiger charge is -2.14. The third kappa shape index (κ3) is 3.30. The fraction of sp³-hybridized carbons (Fsp3) is 0.143. The van der Waals surface area contributed by atoms with E-state index in [1.165, 1.54) is 18.3 Å². The number of aromatic nitrogens is 1. The van der Waals surface area contributed by atoms with Gasteiger partial charge in [-0.3, -0.25) is 4.79 Å². The second-order valence-corrected chi connectivity index (χ2v) is 4.32. The van der Waals surface area contributed by atoms with Crippen molar-refractivity contribution in [3.05, 3.63) is 59.5 Å². The molecule has 20 heavy (non-hydrogen) atoms. The molecule has 0 saturated heterocycles. The van der Waals surface area contributed by atoms with Crippen molar-refractivity contribution in [2.24, 2.45) is 5.84 Å². The lowest BCUT2D eigenvalue weighted by Crippen LogP contribution is -2.26. The Labute approximate surface area is 116 Å². The van der Waals surface area contributed by atoms with Crippen molar-refractivity contribution in [2.75, 3.05) is 5.43 Å². The van der Waals surface area contributed by atoms with E-state index in [2.05, 4.69) is 15.7 Å². The van der Waals surface area contributed by atoms with Crippen LogP contribution >= 0.6 is 0 Å². The summed E-state index contributed by atoms with van der Waals surface area (Å²) in [5, 5.41) is 2.83. The number of hydrazine groups is 1. The highest BCUT2D eigenvalue weighted by atomic mass is 19.1. The second kappa shape index (κ2) is 6.12. The minimum Gasteiger partial charge on any atom is -0.346 e. The van der Waals surface area contributed by atoms with Crippen LogP contribution in [0, 0.1) is 5.82 Å². The molecule has 5 nitrogen and oxygen atoms in total. The van der Waals surface area contributed by atoms with Crippen LogP contribution in [0.4, 0.5) is 10.2 Å². The van der Waals surface area contributed by atoms with Gasteiger partial charge in [-0.2, -0.15) is 0 Å². The molecular formula is C14H15FN4O. The van der Waals surface area contributed by atoms with Crippen LogP contribution in [0.15, 0.2) is 42.6 Å². The van der Waals surface area contributed by atoms with Crippen molar-refractivity contribution in [3.8, 4) is 0 Å². The molecule has 0 radical (unpaired) electrons. The average Bonchev–Trinajstić information content (AvgIpc) is 2.47. The Balaban J connectivity index is 2.08. The molecular weight excluding hydrogens is 259 g/mol. The number of nitrogen functional groups attached to an aromatic ring is 1. The van der Waals surface area contributed by atoms with E-state index in [0.29, 0.717) is 11.4 Å². The number of benzene rings is 1. The molecule has 0 aliphatic rings. The van der Waals surface area contributed by atoms with E-state index in [-0.39, 0.29) is 17.8 Å². The lowest BCUT2D eigenvalue weighted by atomic mass is 10.1. The van der Waals surface area contributed by atoms with Crippen LogP contribution in [-0.2, 0) is 0 Å². The average molecular weight is 274 g/mol. The Kier molecular flexibility index (Phi) is 4.27. The Hall–Kier alpha value is -2.47.